The molecule has 0 bridgehead atoms. The van der Waals surface area contributed by atoms with Gasteiger partial charge in [-0.1, -0.05) is 6.92 Å². The van der Waals surface area contributed by atoms with Crippen molar-refractivity contribution in [2.45, 2.75) is 31.5 Å². The molecule has 0 spiro atoms. The van der Waals surface area contributed by atoms with E-state index >= 15 is 0 Å². The predicted molar refractivity (Wildman–Crippen MR) is 44.7 cm³/mol. The highest BCUT2D eigenvalue weighted by Gasteiger charge is 2.64. The minimum absolute atomic E-state index is 0.00559. The number of hydrogen-bond donors (Lipinski definition) is 2. The molecule has 2 N–H and O–H groups in total. The third-order valence-electron chi connectivity index (χ3n) is 2.21. The van der Waals surface area contributed by atoms with E-state index in [0.717, 1.165) is 0 Å². The van der Waals surface area contributed by atoms with Crippen LogP contribution < -0.4 is 10.6 Å². The maximum Gasteiger partial charge on any atom is 0.411 e. The molecule has 6 heteroatoms. The van der Waals surface area contributed by atoms with Crippen LogP contribution in [0.1, 0.15) is 19.8 Å². The summed E-state index contributed by atoms with van der Waals surface area (Å²) in [5.74, 6) is -0.596. The number of nitrogens with one attached hydrogen (secondary N) is 2. The minimum atomic E-state index is -4.32. The Morgan fingerprint density at radius 3 is 2.36 bits per heavy atom. The van der Waals surface area contributed by atoms with Crippen LogP contribution in [0.5, 0.6) is 0 Å². The van der Waals surface area contributed by atoms with Gasteiger partial charge in [0.15, 0.2) is 0 Å². The van der Waals surface area contributed by atoms with Gasteiger partial charge in [0.1, 0.15) is 5.54 Å². The monoisotopic (exact) mass is 210 g/mol. The standard InChI is InChI=1S/C8H13F3N2O/c1-2-12-5-6(14)13-7(3-4-7)8(9,10)11/h12H,2-5H2,1H3,(H,13,14). The molecule has 82 valence electrons. The molecule has 1 rings (SSSR count). The van der Waals surface area contributed by atoms with Gasteiger partial charge in [-0.2, -0.15) is 13.2 Å². The number of carbonyl (C=O) groups excluding carboxylic acids is 1. The predicted octanol–water partition coefficient (Wildman–Crippen LogP) is 0.807. The van der Waals surface area contributed by atoms with Crippen LogP contribution in [0.3, 0.4) is 0 Å². The Balaban J connectivity index is 2.40. The third kappa shape index (κ3) is 2.37. The van der Waals surface area contributed by atoms with Gasteiger partial charge < -0.3 is 10.6 Å². The average Bonchev–Trinajstić information content (AvgIpc) is 2.80. The molecular formula is C8H13F3N2O. The third-order valence-corrected chi connectivity index (χ3v) is 2.21. The van der Waals surface area contributed by atoms with Crippen molar-refractivity contribution in [3.8, 4) is 0 Å². The molecule has 0 aromatic heterocycles. The zero-order valence-corrected chi connectivity index (χ0v) is 7.87. The largest absolute Gasteiger partial charge is 0.411 e. The van der Waals surface area contributed by atoms with E-state index in [1.807, 2.05) is 5.32 Å². The number of carbonyl (C=O) groups is 1. The van der Waals surface area contributed by atoms with Crippen LogP contribution in [-0.4, -0.2) is 30.7 Å². The zero-order valence-electron chi connectivity index (χ0n) is 7.87. The van der Waals surface area contributed by atoms with Gasteiger partial charge in [0.25, 0.3) is 0 Å². The summed E-state index contributed by atoms with van der Waals surface area (Å²) in [4.78, 5) is 11.0. The van der Waals surface area contributed by atoms with Gasteiger partial charge in [0.05, 0.1) is 6.54 Å². The topological polar surface area (TPSA) is 41.1 Å². The Kier molecular flexibility index (Phi) is 3.04. The van der Waals surface area contributed by atoms with Gasteiger partial charge >= 0.3 is 6.18 Å². The minimum Gasteiger partial charge on any atom is -0.341 e. The van der Waals surface area contributed by atoms with Crippen LogP contribution in [0.25, 0.3) is 0 Å². The Bertz CT molecular complexity index is 223. The van der Waals surface area contributed by atoms with Crippen molar-refractivity contribution in [2.75, 3.05) is 13.1 Å². The lowest BCUT2D eigenvalue weighted by molar-refractivity contribution is -0.170. The highest BCUT2D eigenvalue weighted by atomic mass is 19.4. The van der Waals surface area contributed by atoms with Gasteiger partial charge in [-0.3, -0.25) is 4.79 Å². The zero-order chi connectivity index (χ0) is 10.8. The summed E-state index contributed by atoms with van der Waals surface area (Å²) < 4.78 is 37.0. The SMILES string of the molecule is CCNCC(=O)NC1(C(F)(F)F)CC1. The lowest BCUT2D eigenvalue weighted by Crippen LogP contribution is -2.50. The quantitative estimate of drug-likeness (QED) is 0.720. The highest BCUT2D eigenvalue weighted by Crippen LogP contribution is 2.48. The van der Waals surface area contributed by atoms with E-state index in [0.29, 0.717) is 6.54 Å². The van der Waals surface area contributed by atoms with Crippen molar-refractivity contribution in [1.29, 1.82) is 0 Å². The molecule has 1 amide bonds. The summed E-state index contributed by atoms with van der Waals surface area (Å²) >= 11 is 0. The van der Waals surface area contributed by atoms with Crippen LogP contribution in [0.15, 0.2) is 0 Å². The van der Waals surface area contributed by atoms with Crippen molar-refractivity contribution >= 4 is 5.91 Å². The van der Waals surface area contributed by atoms with Crippen LogP contribution in [0.4, 0.5) is 13.2 Å². The van der Waals surface area contributed by atoms with Gasteiger partial charge in [0.2, 0.25) is 5.91 Å². The smallest absolute Gasteiger partial charge is 0.341 e. The Labute approximate surface area is 80.0 Å². The normalized spacial score (nSPS) is 19.1. The second-order valence-corrected chi connectivity index (χ2v) is 3.41. The van der Waals surface area contributed by atoms with Crippen LogP contribution in [-0.2, 0) is 4.79 Å². The second-order valence-electron chi connectivity index (χ2n) is 3.41. The van der Waals surface area contributed by atoms with E-state index in [2.05, 4.69) is 5.32 Å². The number of rotatable bonds is 4. The number of halogens is 3. The summed E-state index contributed by atoms with van der Waals surface area (Å²) in [6, 6.07) is 0. The van der Waals surface area contributed by atoms with Crippen molar-refractivity contribution in [1.82, 2.24) is 10.6 Å². The molecule has 0 aromatic rings. The molecule has 0 aromatic carbocycles. The second kappa shape index (κ2) is 3.76. The molecule has 1 fully saturated rings. The molecule has 1 saturated carbocycles. The molecule has 1 aliphatic carbocycles. The average molecular weight is 210 g/mol. The fraction of sp³-hybridized carbons (Fsp3) is 0.875. The van der Waals surface area contributed by atoms with Crippen molar-refractivity contribution in [3.05, 3.63) is 0 Å². The number of hydrogen-bond acceptors (Lipinski definition) is 2. The Hall–Kier alpha value is -0.780. The molecule has 0 unspecified atom stereocenters. The van der Waals surface area contributed by atoms with E-state index in [1.54, 1.807) is 6.92 Å². The first kappa shape index (κ1) is 11.3. The van der Waals surface area contributed by atoms with Crippen LogP contribution >= 0.6 is 0 Å². The van der Waals surface area contributed by atoms with Gasteiger partial charge in [0, 0.05) is 0 Å². The van der Waals surface area contributed by atoms with Crippen LogP contribution in [0, 0.1) is 0 Å². The molecule has 0 saturated heterocycles. The highest BCUT2D eigenvalue weighted by molar-refractivity contribution is 5.79. The van der Waals surface area contributed by atoms with Crippen molar-refractivity contribution < 1.29 is 18.0 Å². The van der Waals surface area contributed by atoms with E-state index in [9.17, 15) is 18.0 Å². The summed E-state index contributed by atoms with van der Waals surface area (Å²) in [5.41, 5.74) is -1.93. The maximum absolute atomic E-state index is 12.3. The van der Waals surface area contributed by atoms with E-state index < -0.39 is 17.6 Å². The number of likely N-dealkylation sites (N-methyl/N-ethyl adjacent to an activating group) is 1. The molecule has 1 aliphatic rings. The molecule has 0 aliphatic heterocycles. The first-order chi connectivity index (χ1) is 6.41. The van der Waals surface area contributed by atoms with Crippen molar-refractivity contribution in [2.24, 2.45) is 0 Å². The van der Waals surface area contributed by atoms with Gasteiger partial charge in [-0.25, -0.2) is 0 Å². The molecule has 0 radical (unpaired) electrons. The lowest BCUT2D eigenvalue weighted by Gasteiger charge is -2.20. The first-order valence-corrected chi connectivity index (χ1v) is 4.50. The molecule has 3 nitrogen and oxygen atoms in total. The summed E-state index contributed by atoms with van der Waals surface area (Å²) in [5, 5.41) is 4.69. The van der Waals surface area contributed by atoms with Gasteiger partial charge in [-0.05, 0) is 19.4 Å². The van der Waals surface area contributed by atoms with E-state index in [1.165, 1.54) is 0 Å². The maximum atomic E-state index is 12.3. The molecule has 0 atom stereocenters. The van der Waals surface area contributed by atoms with E-state index in [4.69, 9.17) is 0 Å². The van der Waals surface area contributed by atoms with Gasteiger partial charge in [-0.15, -0.1) is 0 Å². The lowest BCUT2D eigenvalue weighted by atomic mass is 10.2. The first-order valence-electron chi connectivity index (χ1n) is 4.50. The molecular weight excluding hydrogens is 197 g/mol. The fourth-order valence-corrected chi connectivity index (χ4v) is 1.15. The fourth-order valence-electron chi connectivity index (χ4n) is 1.15. The summed E-state index contributed by atoms with van der Waals surface area (Å²) in [6.45, 7) is 2.28. The number of alkyl halides is 3. The molecule has 14 heavy (non-hydrogen) atoms. The number of amides is 1. The van der Waals surface area contributed by atoms with E-state index in [-0.39, 0.29) is 19.4 Å². The Morgan fingerprint density at radius 1 is 1.43 bits per heavy atom. The summed E-state index contributed by atoms with van der Waals surface area (Å²) in [7, 11) is 0. The Morgan fingerprint density at radius 2 is 2.00 bits per heavy atom. The molecule has 0 heterocycles. The van der Waals surface area contributed by atoms with Crippen LogP contribution in [0.2, 0.25) is 0 Å². The van der Waals surface area contributed by atoms with Crippen molar-refractivity contribution in [3.63, 3.8) is 0 Å². The summed E-state index contributed by atoms with van der Waals surface area (Å²) in [6.07, 6.45) is -4.34.